The highest BCUT2D eigenvalue weighted by molar-refractivity contribution is 7.13. The van der Waals surface area contributed by atoms with Crippen LogP contribution in [0.2, 0.25) is 0 Å². The maximum absolute atomic E-state index is 11.9. The molecule has 0 saturated carbocycles. The highest BCUT2D eigenvalue weighted by Gasteiger charge is 2.06. The predicted octanol–water partition coefficient (Wildman–Crippen LogP) is 1.16. The van der Waals surface area contributed by atoms with Crippen LogP contribution in [0.5, 0.6) is 0 Å². The Bertz CT molecular complexity index is 586. The minimum atomic E-state index is -1.01. The number of nitrogens with zero attached hydrogens (tertiary/aromatic N) is 1. The van der Waals surface area contributed by atoms with Gasteiger partial charge in [-0.2, -0.15) is 0 Å². The van der Waals surface area contributed by atoms with Gasteiger partial charge in [-0.3, -0.25) is 8.75 Å². The molecule has 0 atom stereocenters. The van der Waals surface area contributed by atoms with Crippen molar-refractivity contribution in [1.82, 2.24) is 3.96 Å². The zero-order chi connectivity index (χ0) is 12.3. The molecule has 0 radical (unpaired) electrons. The van der Waals surface area contributed by atoms with E-state index in [1.54, 1.807) is 10.0 Å². The van der Waals surface area contributed by atoms with Crippen molar-refractivity contribution in [3.05, 3.63) is 34.6 Å². The van der Waals surface area contributed by atoms with Gasteiger partial charge in [-0.25, -0.2) is 4.79 Å². The lowest BCUT2D eigenvalue weighted by Crippen LogP contribution is -2.17. The molecular formula is C11H11NO4S. The quantitative estimate of drug-likeness (QED) is 0.812. The van der Waals surface area contributed by atoms with E-state index in [9.17, 15) is 9.59 Å². The van der Waals surface area contributed by atoms with Crippen LogP contribution in [0.1, 0.15) is 0 Å². The van der Waals surface area contributed by atoms with Crippen LogP contribution in [0.15, 0.2) is 29.1 Å². The summed E-state index contributed by atoms with van der Waals surface area (Å²) in [7, 11) is 0. The third kappa shape index (κ3) is 2.72. The van der Waals surface area contributed by atoms with Crippen LogP contribution >= 0.6 is 11.5 Å². The fraction of sp³-hybridized carbons (Fsp3) is 0.273. The average Bonchev–Trinajstić information content (AvgIpc) is 2.63. The molecule has 0 aliphatic rings. The lowest BCUT2D eigenvalue weighted by molar-refractivity contribution is -0.142. The number of fused-ring (bicyclic) bond motifs is 1. The van der Waals surface area contributed by atoms with Gasteiger partial charge in [0.05, 0.1) is 23.2 Å². The Hall–Kier alpha value is -1.66. The van der Waals surface area contributed by atoms with Crippen molar-refractivity contribution in [3.63, 3.8) is 0 Å². The van der Waals surface area contributed by atoms with Crippen LogP contribution in [0, 0.1) is 0 Å². The van der Waals surface area contributed by atoms with E-state index in [1.165, 1.54) is 11.5 Å². The third-order valence-corrected chi connectivity index (χ3v) is 3.34. The van der Waals surface area contributed by atoms with E-state index in [0.29, 0.717) is 11.9 Å². The van der Waals surface area contributed by atoms with Crippen molar-refractivity contribution in [2.45, 2.75) is 6.54 Å². The van der Waals surface area contributed by atoms with Crippen molar-refractivity contribution in [3.8, 4) is 0 Å². The van der Waals surface area contributed by atoms with Gasteiger partial charge >= 0.3 is 5.97 Å². The van der Waals surface area contributed by atoms with E-state index >= 15 is 0 Å². The fourth-order valence-electron chi connectivity index (χ4n) is 1.47. The van der Waals surface area contributed by atoms with E-state index in [1.807, 2.05) is 18.2 Å². The number of rotatable bonds is 5. The third-order valence-electron chi connectivity index (χ3n) is 2.22. The SMILES string of the molecule is O=C(O)COCCn1sc2ccccc2c1=O. The molecule has 5 nitrogen and oxygen atoms in total. The van der Waals surface area contributed by atoms with Crippen molar-refractivity contribution in [1.29, 1.82) is 0 Å². The molecule has 1 aromatic carbocycles. The second kappa shape index (κ2) is 5.11. The number of aromatic nitrogens is 1. The van der Waals surface area contributed by atoms with Gasteiger partial charge in [0.15, 0.2) is 0 Å². The molecule has 0 spiro atoms. The summed E-state index contributed by atoms with van der Waals surface area (Å²) >= 11 is 1.36. The molecular weight excluding hydrogens is 242 g/mol. The summed E-state index contributed by atoms with van der Waals surface area (Å²) < 4.78 is 7.40. The summed E-state index contributed by atoms with van der Waals surface area (Å²) in [5, 5.41) is 9.08. The number of aliphatic carboxylic acids is 1. The van der Waals surface area contributed by atoms with E-state index in [2.05, 4.69) is 0 Å². The van der Waals surface area contributed by atoms with Crippen molar-refractivity contribution in [2.24, 2.45) is 0 Å². The van der Waals surface area contributed by atoms with Crippen molar-refractivity contribution in [2.75, 3.05) is 13.2 Å². The summed E-state index contributed by atoms with van der Waals surface area (Å²) in [4.78, 5) is 22.1. The molecule has 1 heterocycles. The monoisotopic (exact) mass is 253 g/mol. The number of ether oxygens (including phenoxy) is 1. The largest absolute Gasteiger partial charge is 0.480 e. The van der Waals surface area contributed by atoms with Crippen LogP contribution in [-0.4, -0.2) is 28.2 Å². The first-order chi connectivity index (χ1) is 8.18. The minimum Gasteiger partial charge on any atom is -0.480 e. The van der Waals surface area contributed by atoms with Gasteiger partial charge in [-0.1, -0.05) is 23.7 Å². The maximum Gasteiger partial charge on any atom is 0.329 e. The molecule has 2 aromatic rings. The second-order valence-corrected chi connectivity index (χ2v) is 4.50. The summed E-state index contributed by atoms with van der Waals surface area (Å²) in [5.41, 5.74) is -0.0514. The molecule has 0 unspecified atom stereocenters. The molecule has 0 bridgehead atoms. The first-order valence-corrected chi connectivity index (χ1v) is 5.84. The number of hydrogen-bond acceptors (Lipinski definition) is 4. The first-order valence-electron chi connectivity index (χ1n) is 5.07. The van der Waals surface area contributed by atoms with Gasteiger partial charge in [0.25, 0.3) is 5.56 Å². The molecule has 6 heteroatoms. The number of carboxylic acids is 1. The zero-order valence-electron chi connectivity index (χ0n) is 8.96. The molecule has 90 valence electrons. The topological polar surface area (TPSA) is 68.5 Å². The molecule has 2 rings (SSSR count). The van der Waals surface area contributed by atoms with Gasteiger partial charge in [-0.15, -0.1) is 0 Å². The van der Waals surface area contributed by atoms with E-state index < -0.39 is 5.97 Å². The minimum absolute atomic E-state index is 0.0514. The zero-order valence-corrected chi connectivity index (χ0v) is 9.77. The number of benzene rings is 1. The van der Waals surface area contributed by atoms with Crippen molar-refractivity contribution >= 4 is 27.6 Å². The summed E-state index contributed by atoms with van der Waals surface area (Å²) in [6.07, 6.45) is 0. The number of hydrogen-bond donors (Lipinski definition) is 1. The lowest BCUT2D eigenvalue weighted by atomic mass is 10.3. The molecule has 17 heavy (non-hydrogen) atoms. The summed E-state index contributed by atoms with van der Waals surface area (Å²) in [6.45, 7) is 0.268. The van der Waals surface area contributed by atoms with E-state index in [4.69, 9.17) is 9.84 Å². The molecule has 0 amide bonds. The summed E-state index contributed by atoms with van der Waals surface area (Å²) in [6, 6.07) is 7.37. The van der Waals surface area contributed by atoms with Crippen LogP contribution in [0.3, 0.4) is 0 Å². The number of carboxylic acid groups (broad SMARTS) is 1. The van der Waals surface area contributed by atoms with Crippen molar-refractivity contribution < 1.29 is 14.6 Å². The molecule has 0 fully saturated rings. The fourth-order valence-corrected chi connectivity index (χ4v) is 2.45. The second-order valence-electron chi connectivity index (χ2n) is 3.44. The normalized spacial score (nSPS) is 10.8. The Labute approximate surface area is 101 Å². The van der Waals surface area contributed by atoms with Gasteiger partial charge in [0, 0.05) is 0 Å². The molecule has 0 saturated heterocycles. The van der Waals surface area contributed by atoms with Crippen LogP contribution in [-0.2, 0) is 16.1 Å². The van der Waals surface area contributed by atoms with Crippen LogP contribution in [0.25, 0.3) is 10.1 Å². The van der Waals surface area contributed by atoms with Crippen LogP contribution in [0.4, 0.5) is 0 Å². The Morgan fingerprint density at radius 3 is 2.88 bits per heavy atom. The highest BCUT2D eigenvalue weighted by atomic mass is 32.1. The van der Waals surface area contributed by atoms with Crippen LogP contribution < -0.4 is 5.56 Å². The van der Waals surface area contributed by atoms with Gasteiger partial charge in [-0.05, 0) is 12.1 Å². The molecule has 1 aromatic heterocycles. The maximum atomic E-state index is 11.9. The Morgan fingerprint density at radius 2 is 2.18 bits per heavy atom. The molecule has 0 aliphatic carbocycles. The number of carbonyl (C=O) groups is 1. The Kier molecular flexibility index (Phi) is 3.55. The predicted molar refractivity (Wildman–Crippen MR) is 64.5 cm³/mol. The smallest absolute Gasteiger partial charge is 0.329 e. The lowest BCUT2D eigenvalue weighted by Gasteiger charge is -2.00. The van der Waals surface area contributed by atoms with Gasteiger partial charge < -0.3 is 9.84 Å². The Morgan fingerprint density at radius 1 is 1.41 bits per heavy atom. The standard InChI is InChI=1S/C11H11NO4S/c13-10(14)7-16-6-5-12-11(15)8-3-1-2-4-9(8)17-12/h1-4H,5-7H2,(H,13,14). The Balaban J connectivity index is 2.06. The summed E-state index contributed by atoms with van der Waals surface area (Å²) in [5.74, 6) is -1.01. The highest BCUT2D eigenvalue weighted by Crippen LogP contribution is 2.15. The average molecular weight is 253 g/mol. The molecule has 1 N–H and O–H groups in total. The van der Waals surface area contributed by atoms with Gasteiger partial charge in [0.2, 0.25) is 0 Å². The van der Waals surface area contributed by atoms with E-state index in [0.717, 1.165) is 4.70 Å². The van der Waals surface area contributed by atoms with E-state index in [-0.39, 0.29) is 18.8 Å². The first kappa shape index (κ1) is 11.8. The van der Waals surface area contributed by atoms with Gasteiger partial charge in [0.1, 0.15) is 6.61 Å². The molecule has 0 aliphatic heterocycles.